The molecular weight excluding hydrogens is 384 g/mol. The Hall–Kier alpha value is -2.94. The summed E-state index contributed by atoms with van der Waals surface area (Å²) in [5.41, 5.74) is 1.47. The largest absolute Gasteiger partial charge is 0.481 e. The monoisotopic (exact) mass is 416 g/mol. The minimum Gasteiger partial charge on any atom is -0.481 e. The van der Waals surface area contributed by atoms with Crippen molar-refractivity contribution in [3.8, 4) is 11.1 Å². The molecule has 0 radical (unpaired) electrons. The Morgan fingerprint density at radius 2 is 1.61 bits per heavy atom. The number of benzene rings is 2. The summed E-state index contributed by atoms with van der Waals surface area (Å²) < 4.78 is 0. The fourth-order valence-electron chi connectivity index (χ4n) is 4.78. The molecule has 0 heterocycles. The zero-order valence-corrected chi connectivity index (χ0v) is 18.5. The molecule has 1 N–H and O–H groups in total. The van der Waals surface area contributed by atoms with Gasteiger partial charge in [-0.2, -0.15) is 0 Å². The Morgan fingerprint density at radius 1 is 0.935 bits per heavy atom. The van der Waals surface area contributed by atoms with Crippen LogP contribution in [0, 0.1) is 17.3 Å². The van der Waals surface area contributed by atoms with Crippen LogP contribution in [0.15, 0.2) is 78.9 Å². The number of carbonyl (C=O) groups is 2. The molecule has 0 aliphatic heterocycles. The molecule has 3 nitrogen and oxygen atoms in total. The van der Waals surface area contributed by atoms with Gasteiger partial charge in [0.2, 0.25) is 0 Å². The predicted octanol–water partition coefficient (Wildman–Crippen LogP) is 6.96. The third kappa shape index (κ3) is 4.71. The van der Waals surface area contributed by atoms with E-state index >= 15 is 0 Å². The van der Waals surface area contributed by atoms with Gasteiger partial charge in [0, 0.05) is 5.56 Å². The van der Waals surface area contributed by atoms with E-state index < -0.39 is 17.3 Å². The van der Waals surface area contributed by atoms with Crippen LogP contribution in [-0.4, -0.2) is 16.9 Å². The molecule has 0 saturated carbocycles. The molecular formula is C28H32O3. The number of carboxylic acid groups (broad SMARTS) is 1. The average Bonchev–Trinajstić information content (AvgIpc) is 2.82. The summed E-state index contributed by atoms with van der Waals surface area (Å²) in [5, 5.41) is 10.4. The molecule has 3 heteroatoms. The van der Waals surface area contributed by atoms with Crippen molar-refractivity contribution in [1.82, 2.24) is 0 Å². The molecule has 2 aromatic carbocycles. The second-order valence-electron chi connectivity index (χ2n) is 8.37. The zero-order chi connectivity index (χ0) is 22.3. The molecule has 1 aliphatic carbocycles. The lowest BCUT2D eigenvalue weighted by Gasteiger charge is -2.40. The first-order valence-corrected chi connectivity index (χ1v) is 11.3. The Kier molecular flexibility index (Phi) is 7.62. The highest BCUT2D eigenvalue weighted by Gasteiger charge is 2.51. The summed E-state index contributed by atoms with van der Waals surface area (Å²) in [6.45, 7) is 4.17. The van der Waals surface area contributed by atoms with Crippen molar-refractivity contribution < 1.29 is 14.7 Å². The van der Waals surface area contributed by atoms with E-state index in [1.807, 2.05) is 61.5 Å². The fourth-order valence-corrected chi connectivity index (χ4v) is 4.78. The van der Waals surface area contributed by atoms with Crippen LogP contribution >= 0.6 is 0 Å². The van der Waals surface area contributed by atoms with Crippen molar-refractivity contribution in [3.05, 3.63) is 84.5 Å². The highest BCUT2D eigenvalue weighted by atomic mass is 16.4. The van der Waals surface area contributed by atoms with Gasteiger partial charge in [-0.25, -0.2) is 0 Å². The highest BCUT2D eigenvalue weighted by molar-refractivity contribution is 6.03. The predicted molar refractivity (Wildman–Crippen MR) is 126 cm³/mol. The maximum Gasteiger partial charge on any atom is 0.314 e. The van der Waals surface area contributed by atoms with Crippen molar-refractivity contribution in [3.63, 3.8) is 0 Å². The lowest BCUT2D eigenvalue weighted by atomic mass is 9.60. The molecule has 0 bridgehead atoms. The molecule has 3 atom stereocenters. The third-order valence-electron chi connectivity index (χ3n) is 6.56. The summed E-state index contributed by atoms with van der Waals surface area (Å²) >= 11 is 0. The topological polar surface area (TPSA) is 54.4 Å². The van der Waals surface area contributed by atoms with Crippen molar-refractivity contribution >= 4 is 11.8 Å². The van der Waals surface area contributed by atoms with E-state index in [4.69, 9.17) is 0 Å². The summed E-state index contributed by atoms with van der Waals surface area (Å²) in [4.78, 5) is 26.2. The summed E-state index contributed by atoms with van der Waals surface area (Å²) in [6.07, 6.45) is 11.8. The number of carboxylic acids is 1. The quantitative estimate of drug-likeness (QED) is 0.336. The number of Topliss-reactive ketones (excluding diaryl/α,β-unsaturated/α-hetero) is 1. The van der Waals surface area contributed by atoms with Crippen LogP contribution in [0.4, 0.5) is 0 Å². The fraction of sp³-hybridized carbons (Fsp3) is 0.357. The number of carbonyl (C=O) groups excluding carboxylic acids is 1. The van der Waals surface area contributed by atoms with Gasteiger partial charge in [-0.3, -0.25) is 9.59 Å². The number of allylic oxidation sites excluding steroid dienone is 3. The zero-order valence-electron chi connectivity index (χ0n) is 18.5. The number of rotatable bonds is 10. The van der Waals surface area contributed by atoms with Gasteiger partial charge >= 0.3 is 5.97 Å². The minimum absolute atomic E-state index is 0.0877. The van der Waals surface area contributed by atoms with E-state index in [-0.39, 0.29) is 11.7 Å². The second kappa shape index (κ2) is 10.4. The smallest absolute Gasteiger partial charge is 0.314 e. The molecule has 2 aromatic rings. The van der Waals surface area contributed by atoms with Crippen LogP contribution in [0.2, 0.25) is 0 Å². The number of hydrogen-bond donors (Lipinski definition) is 1. The van der Waals surface area contributed by atoms with E-state index in [0.29, 0.717) is 5.56 Å². The Morgan fingerprint density at radius 3 is 2.23 bits per heavy atom. The Balaban J connectivity index is 1.92. The van der Waals surface area contributed by atoms with Gasteiger partial charge in [0.15, 0.2) is 5.78 Å². The average molecular weight is 417 g/mol. The lowest BCUT2D eigenvalue weighted by Crippen LogP contribution is -2.47. The summed E-state index contributed by atoms with van der Waals surface area (Å²) in [6, 6.07) is 17.5. The van der Waals surface area contributed by atoms with Gasteiger partial charge in [0.05, 0.1) is 5.92 Å². The number of unbranched alkanes of at least 4 members (excludes halogenated alkanes) is 2. The first kappa shape index (κ1) is 22.7. The van der Waals surface area contributed by atoms with Gasteiger partial charge in [-0.15, -0.1) is 0 Å². The van der Waals surface area contributed by atoms with Crippen LogP contribution < -0.4 is 0 Å². The van der Waals surface area contributed by atoms with Gasteiger partial charge in [-0.1, -0.05) is 118 Å². The van der Waals surface area contributed by atoms with Gasteiger partial charge < -0.3 is 5.11 Å². The van der Waals surface area contributed by atoms with Gasteiger partial charge in [0.1, 0.15) is 5.41 Å². The third-order valence-corrected chi connectivity index (χ3v) is 6.56. The first-order chi connectivity index (χ1) is 15.0. The molecule has 0 amide bonds. The molecule has 0 fully saturated rings. The molecule has 3 rings (SSSR count). The molecule has 0 spiro atoms. The highest BCUT2D eigenvalue weighted by Crippen LogP contribution is 2.46. The van der Waals surface area contributed by atoms with E-state index in [1.54, 1.807) is 24.3 Å². The Labute approximate surface area is 185 Å². The van der Waals surface area contributed by atoms with Gasteiger partial charge in [-0.05, 0) is 23.5 Å². The van der Waals surface area contributed by atoms with E-state index in [1.165, 1.54) is 0 Å². The first-order valence-electron chi connectivity index (χ1n) is 11.3. The second-order valence-corrected chi connectivity index (χ2v) is 8.37. The Bertz CT molecular complexity index is 940. The molecule has 3 unspecified atom stereocenters. The molecule has 0 aromatic heterocycles. The summed E-state index contributed by atoms with van der Waals surface area (Å²) in [7, 11) is 0. The van der Waals surface area contributed by atoms with Crippen LogP contribution in [0.3, 0.4) is 0 Å². The van der Waals surface area contributed by atoms with Crippen LogP contribution in [0.1, 0.15) is 56.3 Å². The van der Waals surface area contributed by atoms with E-state index in [9.17, 15) is 14.7 Å². The number of ketones is 1. The van der Waals surface area contributed by atoms with Crippen molar-refractivity contribution in [2.24, 2.45) is 17.3 Å². The molecule has 162 valence electrons. The van der Waals surface area contributed by atoms with Gasteiger partial charge in [0.25, 0.3) is 0 Å². The molecule has 31 heavy (non-hydrogen) atoms. The van der Waals surface area contributed by atoms with Crippen LogP contribution in [-0.2, 0) is 4.79 Å². The van der Waals surface area contributed by atoms with Crippen LogP contribution in [0.5, 0.6) is 0 Å². The maximum absolute atomic E-state index is 13.6. The van der Waals surface area contributed by atoms with Crippen molar-refractivity contribution in [2.75, 3.05) is 0 Å². The van der Waals surface area contributed by atoms with E-state index in [0.717, 1.165) is 43.2 Å². The van der Waals surface area contributed by atoms with Crippen molar-refractivity contribution in [2.45, 2.75) is 46.0 Å². The number of aliphatic carboxylic acids is 1. The maximum atomic E-state index is 13.6. The minimum atomic E-state index is -1.20. The lowest BCUT2D eigenvalue weighted by molar-refractivity contribution is -0.151. The molecule has 0 saturated heterocycles. The standard InChI is InChI=1S/C28H32O3/c1-3-5-7-14-24(4-2)28(27(30)31)20-11-10-15-25(28)26(29)23-18-16-22(17-19-23)21-12-8-6-9-13-21/h6,8-13,15-20,24-25H,3-5,7,14H2,1-2H3,(H,30,31). The summed E-state index contributed by atoms with van der Waals surface area (Å²) in [5.74, 6) is -1.83. The normalized spacial score (nSPS) is 21.0. The van der Waals surface area contributed by atoms with Crippen molar-refractivity contribution in [1.29, 1.82) is 0 Å². The molecule has 1 aliphatic rings. The number of hydrogen-bond acceptors (Lipinski definition) is 2. The van der Waals surface area contributed by atoms with E-state index in [2.05, 4.69) is 6.92 Å². The SMILES string of the molecule is CCCCCC(CC)C1(C(=O)O)C=CC=CC1C(=O)c1ccc(-c2ccccc2)cc1. The van der Waals surface area contributed by atoms with Crippen LogP contribution in [0.25, 0.3) is 11.1 Å².